The lowest BCUT2D eigenvalue weighted by molar-refractivity contribution is -0.123. The van der Waals surface area contributed by atoms with Crippen LogP contribution in [0.1, 0.15) is 16.7 Å². The molecule has 0 spiro atoms. The molecule has 3 aromatic carbocycles. The van der Waals surface area contributed by atoms with E-state index in [-0.39, 0.29) is 33.9 Å². The first-order chi connectivity index (χ1) is 16.4. The fraction of sp³-hybridized carbons (Fsp3) is 0.120. The van der Waals surface area contributed by atoms with Crippen molar-refractivity contribution in [2.45, 2.75) is 13.2 Å². The second-order valence-corrected chi connectivity index (χ2v) is 9.07. The number of thioether (sulfide) groups is 1. The molecule has 0 aliphatic carbocycles. The number of rotatable bonds is 7. The molecule has 1 saturated heterocycles. The zero-order valence-corrected chi connectivity index (χ0v) is 20.2. The Hall–Kier alpha value is -3.00. The number of benzene rings is 3. The predicted octanol–water partition coefficient (Wildman–Crippen LogP) is 6.96. The molecule has 9 heteroatoms. The maximum absolute atomic E-state index is 14.1. The number of amides is 2. The lowest BCUT2D eigenvalue weighted by Crippen LogP contribution is -2.27. The van der Waals surface area contributed by atoms with E-state index in [2.05, 4.69) is 0 Å². The van der Waals surface area contributed by atoms with Gasteiger partial charge in [0.05, 0.1) is 23.6 Å². The van der Waals surface area contributed by atoms with E-state index in [9.17, 15) is 14.0 Å². The molecule has 2 amide bonds. The van der Waals surface area contributed by atoms with Crippen LogP contribution in [0.15, 0.2) is 65.6 Å². The van der Waals surface area contributed by atoms with Crippen LogP contribution in [0.25, 0.3) is 6.08 Å². The zero-order valence-electron chi connectivity index (χ0n) is 17.9. The van der Waals surface area contributed by atoms with Gasteiger partial charge in [-0.25, -0.2) is 4.39 Å². The number of carbonyl (C=O) groups excluding carboxylic acids is 2. The molecule has 4 rings (SSSR count). The van der Waals surface area contributed by atoms with Gasteiger partial charge < -0.3 is 9.47 Å². The first-order valence-electron chi connectivity index (χ1n) is 10.1. The van der Waals surface area contributed by atoms with Gasteiger partial charge in [-0.2, -0.15) is 0 Å². The zero-order chi connectivity index (χ0) is 24.2. The molecular weight excluding hydrogens is 500 g/mol. The van der Waals surface area contributed by atoms with E-state index in [0.29, 0.717) is 27.6 Å². The summed E-state index contributed by atoms with van der Waals surface area (Å²) >= 11 is 13.1. The van der Waals surface area contributed by atoms with Crippen LogP contribution in [-0.2, 0) is 17.9 Å². The summed E-state index contributed by atoms with van der Waals surface area (Å²) < 4.78 is 25.2. The minimum atomic E-state index is -0.477. The van der Waals surface area contributed by atoms with E-state index in [1.54, 1.807) is 54.6 Å². The van der Waals surface area contributed by atoms with E-state index in [1.165, 1.54) is 19.2 Å². The van der Waals surface area contributed by atoms with E-state index in [0.717, 1.165) is 16.7 Å². The highest BCUT2D eigenvalue weighted by Crippen LogP contribution is 2.36. The van der Waals surface area contributed by atoms with Crippen molar-refractivity contribution in [1.29, 1.82) is 0 Å². The molecule has 34 heavy (non-hydrogen) atoms. The van der Waals surface area contributed by atoms with Gasteiger partial charge in [-0.1, -0.05) is 53.5 Å². The van der Waals surface area contributed by atoms with Crippen LogP contribution in [0.4, 0.5) is 9.18 Å². The molecule has 0 bridgehead atoms. The smallest absolute Gasteiger partial charge is 0.293 e. The number of hydrogen-bond donors (Lipinski definition) is 0. The largest absolute Gasteiger partial charge is 0.493 e. The van der Waals surface area contributed by atoms with Crippen LogP contribution in [0.2, 0.25) is 10.0 Å². The Morgan fingerprint density at radius 3 is 2.50 bits per heavy atom. The number of hydrogen-bond acceptors (Lipinski definition) is 5. The van der Waals surface area contributed by atoms with Crippen molar-refractivity contribution in [3.8, 4) is 11.5 Å². The van der Waals surface area contributed by atoms with Crippen LogP contribution >= 0.6 is 35.0 Å². The van der Waals surface area contributed by atoms with E-state index in [4.69, 9.17) is 32.7 Å². The minimum Gasteiger partial charge on any atom is -0.493 e. The van der Waals surface area contributed by atoms with Gasteiger partial charge in [-0.15, -0.1) is 0 Å². The van der Waals surface area contributed by atoms with E-state index >= 15 is 0 Å². The summed E-state index contributed by atoms with van der Waals surface area (Å²) in [5.74, 6) is -0.122. The second-order valence-electron chi connectivity index (χ2n) is 7.26. The highest BCUT2D eigenvalue weighted by Gasteiger charge is 2.35. The normalized spacial score (nSPS) is 14.7. The highest BCUT2D eigenvalue weighted by molar-refractivity contribution is 8.18. The Morgan fingerprint density at radius 2 is 1.76 bits per heavy atom. The molecular formula is C25H18Cl2FNO4S. The van der Waals surface area contributed by atoms with Crippen molar-refractivity contribution in [2.24, 2.45) is 0 Å². The second kappa shape index (κ2) is 10.5. The lowest BCUT2D eigenvalue weighted by Gasteiger charge is -2.13. The average molecular weight is 518 g/mol. The molecule has 0 N–H and O–H groups in total. The van der Waals surface area contributed by atoms with E-state index in [1.807, 2.05) is 0 Å². The molecule has 0 radical (unpaired) electrons. The summed E-state index contributed by atoms with van der Waals surface area (Å²) in [6.07, 6.45) is 1.60. The molecule has 5 nitrogen and oxygen atoms in total. The third kappa shape index (κ3) is 5.22. The van der Waals surface area contributed by atoms with Gasteiger partial charge in [0.15, 0.2) is 11.5 Å². The Bertz CT molecular complexity index is 1280. The van der Waals surface area contributed by atoms with E-state index < -0.39 is 11.7 Å². The van der Waals surface area contributed by atoms with Crippen molar-refractivity contribution in [3.05, 3.63) is 98.1 Å². The Morgan fingerprint density at radius 1 is 1.00 bits per heavy atom. The molecule has 0 aromatic heterocycles. The SMILES string of the molecule is COc1ccc(/C=C2/SC(=O)N(Cc3ccccc3Cl)C2=O)cc1OCc1c(F)cccc1Cl. The summed E-state index contributed by atoms with van der Waals surface area (Å²) in [7, 11) is 1.48. The van der Waals surface area contributed by atoms with Crippen molar-refractivity contribution in [3.63, 3.8) is 0 Å². The monoisotopic (exact) mass is 517 g/mol. The van der Waals surface area contributed by atoms with Gasteiger partial charge in [0.2, 0.25) is 0 Å². The van der Waals surface area contributed by atoms with Crippen LogP contribution in [0, 0.1) is 5.82 Å². The molecule has 0 atom stereocenters. The number of nitrogens with zero attached hydrogens (tertiary/aromatic N) is 1. The quantitative estimate of drug-likeness (QED) is 0.317. The molecule has 1 aliphatic rings. The number of ether oxygens (including phenoxy) is 2. The number of carbonyl (C=O) groups is 2. The Balaban J connectivity index is 1.55. The maximum atomic E-state index is 14.1. The fourth-order valence-corrected chi connectivity index (χ4v) is 4.55. The molecule has 1 fully saturated rings. The predicted molar refractivity (Wildman–Crippen MR) is 132 cm³/mol. The summed E-state index contributed by atoms with van der Waals surface area (Å²) in [6.45, 7) is -0.0261. The molecule has 0 saturated carbocycles. The summed E-state index contributed by atoms with van der Waals surface area (Å²) in [5, 5.41) is 0.357. The summed E-state index contributed by atoms with van der Waals surface area (Å²) in [5.41, 5.74) is 1.51. The lowest BCUT2D eigenvalue weighted by atomic mass is 10.1. The molecule has 1 heterocycles. The molecule has 174 valence electrons. The van der Waals surface area contributed by atoms with Gasteiger partial charge in [-0.3, -0.25) is 14.5 Å². The number of imide groups is 1. The highest BCUT2D eigenvalue weighted by atomic mass is 35.5. The van der Waals surface area contributed by atoms with Gasteiger partial charge in [-0.05, 0) is 59.3 Å². The first kappa shape index (κ1) is 24.1. The summed E-state index contributed by atoms with van der Waals surface area (Å²) in [6, 6.07) is 16.5. The van der Waals surface area contributed by atoms with Gasteiger partial charge in [0, 0.05) is 10.6 Å². The molecule has 1 aliphatic heterocycles. The minimum absolute atomic E-state index is 0.0854. The molecule has 3 aromatic rings. The molecule has 0 unspecified atom stereocenters. The van der Waals surface area contributed by atoms with Crippen molar-refractivity contribution >= 4 is 52.2 Å². The van der Waals surface area contributed by atoms with Gasteiger partial charge in [0.25, 0.3) is 11.1 Å². The van der Waals surface area contributed by atoms with Crippen LogP contribution in [-0.4, -0.2) is 23.2 Å². The third-order valence-corrected chi connectivity index (χ3v) is 6.71. The standard InChI is InChI=1S/C25H18Cl2FNO4S/c1-32-21-10-9-15(11-22(21)33-14-17-19(27)7-4-8-20(17)28)12-23-24(30)29(25(31)34-23)13-16-5-2-3-6-18(16)26/h2-12H,13-14H2,1H3/b23-12+. The Kier molecular flexibility index (Phi) is 7.46. The van der Waals surface area contributed by atoms with Crippen molar-refractivity contribution < 1.29 is 23.5 Å². The topological polar surface area (TPSA) is 55.8 Å². The fourth-order valence-electron chi connectivity index (χ4n) is 3.30. The maximum Gasteiger partial charge on any atom is 0.293 e. The first-order valence-corrected chi connectivity index (χ1v) is 11.7. The number of methoxy groups -OCH3 is 1. The average Bonchev–Trinajstić information content (AvgIpc) is 3.07. The van der Waals surface area contributed by atoms with Gasteiger partial charge in [0.1, 0.15) is 12.4 Å². The van der Waals surface area contributed by atoms with Crippen LogP contribution < -0.4 is 9.47 Å². The van der Waals surface area contributed by atoms with Crippen molar-refractivity contribution in [1.82, 2.24) is 4.90 Å². The van der Waals surface area contributed by atoms with Crippen LogP contribution in [0.3, 0.4) is 0 Å². The number of halogens is 3. The third-order valence-electron chi connectivity index (χ3n) is 5.08. The van der Waals surface area contributed by atoms with Gasteiger partial charge >= 0.3 is 0 Å². The van der Waals surface area contributed by atoms with Crippen LogP contribution in [0.5, 0.6) is 11.5 Å². The van der Waals surface area contributed by atoms with Crippen molar-refractivity contribution in [2.75, 3.05) is 7.11 Å². The Labute approximate surface area is 210 Å². The summed E-state index contributed by atoms with van der Waals surface area (Å²) in [4.78, 5) is 26.8.